The molecular weight excluding hydrogens is 371 g/mol. The number of nitrogens with one attached hydrogen (secondary N) is 2. The van der Waals surface area contributed by atoms with Crippen LogP contribution in [0.15, 0.2) is 47.6 Å². The molecule has 10 heteroatoms. The van der Waals surface area contributed by atoms with E-state index in [0.29, 0.717) is 11.6 Å². The molecule has 2 aromatic heterocycles. The molecule has 0 aliphatic carbocycles. The van der Waals surface area contributed by atoms with E-state index in [1.807, 2.05) is 19.9 Å². The fraction of sp³-hybridized carbons (Fsp3) is 0.235. The molecule has 0 spiro atoms. The van der Waals surface area contributed by atoms with Gasteiger partial charge < -0.3 is 5.32 Å². The molecular formula is C17H19FN6O2S. The van der Waals surface area contributed by atoms with Gasteiger partial charge in [0.2, 0.25) is 10.0 Å². The maximum absolute atomic E-state index is 13.6. The maximum Gasteiger partial charge on any atom is 0.243 e. The Balaban J connectivity index is 1.61. The molecule has 3 aromatic rings. The summed E-state index contributed by atoms with van der Waals surface area (Å²) in [6.45, 7) is 4.15. The normalized spacial score (nSPS) is 11.5. The molecule has 0 bridgehead atoms. The van der Waals surface area contributed by atoms with Crippen molar-refractivity contribution in [1.29, 1.82) is 0 Å². The number of aryl methyl sites for hydroxylation is 2. The monoisotopic (exact) mass is 390 g/mol. The molecule has 0 unspecified atom stereocenters. The molecule has 0 fully saturated rings. The highest BCUT2D eigenvalue weighted by Gasteiger charge is 2.17. The van der Waals surface area contributed by atoms with Crippen LogP contribution in [0.3, 0.4) is 0 Å². The molecule has 3 rings (SSSR count). The summed E-state index contributed by atoms with van der Waals surface area (Å²) < 4.78 is 41.9. The Bertz CT molecular complexity index is 1050. The Hall–Kier alpha value is -2.85. The van der Waals surface area contributed by atoms with Crippen LogP contribution in [-0.4, -0.2) is 41.3 Å². The molecule has 142 valence electrons. The number of anilines is 1. The van der Waals surface area contributed by atoms with Gasteiger partial charge in [0.25, 0.3) is 0 Å². The Kier molecular flexibility index (Phi) is 5.47. The van der Waals surface area contributed by atoms with Crippen LogP contribution in [0.25, 0.3) is 5.82 Å². The van der Waals surface area contributed by atoms with Gasteiger partial charge in [0, 0.05) is 24.8 Å². The molecule has 0 amide bonds. The van der Waals surface area contributed by atoms with Crippen LogP contribution in [0.2, 0.25) is 0 Å². The van der Waals surface area contributed by atoms with E-state index in [2.05, 4.69) is 25.1 Å². The zero-order valence-electron chi connectivity index (χ0n) is 14.8. The van der Waals surface area contributed by atoms with Crippen LogP contribution in [0.1, 0.15) is 11.4 Å². The molecule has 27 heavy (non-hydrogen) atoms. The Morgan fingerprint density at radius 1 is 1.11 bits per heavy atom. The van der Waals surface area contributed by atoms with Gasteiger partial charge in [0.15, 0.2) is 5.82 Å². The van der Waals surface area contributed by atoms with Crippen molar-refractivity contribution in [1.82, 2.24) is 24.5 Å². The average Bonchev–Trinajstić information content (AvgIpc) is 2.97. The predicted molar refractivity (Wildman–Crippen MR) is 98.7 cm³/mol. The molecule has 0 radical (unpaired) electrons. The molecule has 2 heterocycles. The highest BCUT2D eigenvalue weighted by Crippen LogP contribution is 2.13. The molecule has 1 aromatic carbocycles. The van der Waals surface area contributed by atoms with Crippen molar-refractivity contribution in [3.05, 3.63) is 59.9 Å². The van der Waals surface area contributed by atoms with Crippen molar-refractivity contribution in [2.45, 2.75) is 18.7 Å². The molecule has 0 aliphatic heterocycles. The standard InChI is InChI=1S/C17H19FN6O2S/c1-12-9-13(2)24(23-12)17-10-16(20-11-21-17)19-7-8-22-27(25,26)15-6-4-3-5-14(15)18/h3-6,9-11,22H,7-8H2,1-2H3,(H,19,20,21). The van der Waals surface area contributed by atoms with E-state index in [0.717, 1.165) is 17.5 Å². The van der Waals surface area contributed by atoms with E-state index in [9.17, 15) is 12.8 Å². The third-order valence-electron chi connectivity index (χ3n) is 3.73. The number of benzene rings is 1. The third kappa shape index (κ3) is 4.47. The predicted octanol–water partition coefficient (Wildman–Crippen LogP) is 1.81. The van der Waals surface area contributed by atoms with Crippen LogP contribution < -0.4 is 10.0 Å². The molecule has 8 nitrogen and oxygen atoms in total. The Morgan fingerprint density at radius 3 is 2.59 bits per heavy atom. The first-order valence-electron chi connectivity index (χ1n) is 8.20. The first-order chi connectivity index (χ1) is 12.9. The number of hydrogen-bond donors (Lipinski definition) is 2. The summed E-state index contributed by atoms with van der Waals surface area (Å²) in [5.41, 5.74) is 1.82. The quantitative estimate of drug-likeness (QED) is 0.597. The summed E-state index contributed by atoms with van der Waals surface area (Å²) in [5, 5.41) is 7.37. The summed E-state index contributed by atoms with van der Waals surface area (Å²) in [7, 11) is -3.91. The van der Waals surface area contributed by atoms with Crippen molar-refractivity contribution in [3.63, 3.8) is 0 Å². The minimum atomic E-state index is -3.91. The molecule has 0 saturated carbocycles. The average molecular weight is 390 g/mol. The largest absolute Gasteiger partial charge is 0.369 e. The van der Waals surface area contributed by atoms with Gasteiger partial charge in [-0.1, -0.05) is 12.1 Å². The van der Waals surface area contributed by atoms with E-state index in [-0.39, 0.29) is 18.0 Å². The van der Waals surface area contributed by atoms with Crippen LogP contribution in [0, 0.1) is 19.7 Å². The fourth-order valence-electron chi connectivity index (χ4n) is 2.54. The summed E-state index contributed by atoms with van der Waals surface area (Å²) in [4.78, 5) is 7.93. The fourth-order valence-corrected chi connectivity index (χ4v) is 3.65. The van der Waals surface area contributed by atoms with E-state index in [4.69, 9.17) is 0 Å². The second-order valence-electron chi connectivity index (χ2n) is 5.86. The lowest BCUT2D eigenvalue weighted by molar-refractivity contribution is 0.558. The van der Waals surface area contributed by atoms with E-state index in [1.54, 1.807) is 10.7 Å². The second-order valence-corrected chi connectivity index (χ2v) is 7.59. The van der Waals surface area contributed by atoms with Gasteiger partial charge in [-0.2, -0.15) is 5.10 Å². The lowest BCUT2D eigenvalue weighted by atomic mass is 10.4. The first-order valence-corrected chi connectivity index (χ1v) is 9.69. The van der Waals surface area contributed by atoms with E-state index < -0.39 is 15.8 Å². The van der Waals surface area contributed by atoms with Gasteiger partial charge in [-0.25, -0.2) is 32.2 Å². The van der Waals surface area contributed by atoms with Crippen LogP contribution in [0.5, 0.6) is 0 Å². The summed E-state index contributed by atoms with van der Waals surface area (Å²) in [6, 6.07) is 8.88. The number of hydrogen-bond acceptors (Lipinski definition) is 6. The SMILES string of the molecule is Cc1cc(C)n(-c2cc(NCCNS(=O)(=O)c3ccccc3F)ncn2)n1. The number of halogens is 1. The van der Waals surface area contributed by atoms with Gasteiger partial charge in [0.05, 0.1) is 5.69 Å². The van der Waals surface area contributed by atoms with Gasteiger partial charge in [-0.05, 0) is 32.0 Å². The summed E-state index contributed by atoms with van der Waals surface area (Å²) in [5.74, 6) is 0.339. The third-order valence-corrected chi connectivity index (χ3v) is 5.22. The smallest absolute Gasteiger partial charge is 0.243 e. The highest BCUT2D eigenvalue weighted by molar-refractivity contribution is 7.89. The van der Waals surface area contributed by atoms with Gasteiger partial charge in [0.1, 0.15) is 22.9 Å². The number of nitrogens with zero attached hydrogens (tertiary/aromatic N) is 4. The molecule has 0 aliphatic rings. The van der Waals surface area contributed by atoms with Gasteiger partial charge >= 0.3 is 0 Å². The Labute approximate surface area is 156 Å². The zero-order chi connectivity index (χ0) is 19.4. The molecule has 0 saturated heterocycles. The van der Waals surface area contributed by atoms with Crippen LogP contribution in [0.4, 0.5) is 10.2 Å². The zero-order valence-corrected chi connectivity index (χ0v) is 15.7. The summed E-state index contributed by atoms with van der Waals surface area (Å²) in [6.07, 6.45) is 1.40. The van der Waals surface area contributed by atoms with Crippen molar-refractivity contribution >= 4 is 15.8 Å². The van der Waals surface area contributed by atoms with Crippen molar-refractivity contribution in [3.8, 4) is 5.82 Å². The van der Waals surface area contributed by atoms with Crippen molar-refractivity contribution in [2.75, 3.05) is 18.4 Å². The lowest BCUT2D eigenvalue weighted by Gasteiger charge is -2.10. The first kappa shape index (κ1) is 18.9. The minimum Gasteiger partial charge on any atom is -0.369 e. The van der Waals surface area contributed by atoms with E-state index in [1.165, 1.54) is 24.5 Å². The van der Waals surface area contributed by atoms with Crippen molar-refractivity contribution < 1.29 is 12.8 Å². The Morgan fingerprint density at radius 2 is 1.89 bits per heavy atom. The number of rotatable bonds is 7. The lowest BCUT2D eigenvalue weighted by Crippen LogP contribution is -2.29. The topological polar surface area (TPSA) is 102 Å². The number of sulfonamides is 1. The van der Waals surface area contributed by atoms with Crippen LogP contribution >= 0.6 is 0 Å². The second kappa shape index (κ2) is 7.80. The van der Waals surface area contributed by atoms with Gasteiger partial charge in [-0.3, -0.25) is 0 Å². The van der Waals surface area contributed by atoms with Crippen LogP contribution in [-0.2, 0) is 10.0 Å². The number of aromatic nitrogens is 4. The minimum absolute atomic E-state index is 0.0654. The summed E-state index contributed by atoms with van der Waals surface area (Å²) >= 11 is 0. The van der Waals surface area contributed by atoms with Crippen molar-refractivity contribution in [2.24, 2.45) is 0 Å². The maximum atomic E-state index is 13.6. The van der Waals surface area contributed by atoms with Gasteiger partial charge in [-0.15, -0.1) is 0 Å². The molecule has 0 atom stereocenters. The van der Waals surface area contributed by atoms with E-state index >= 15 is 0 Å². The highest BCUT2D eigenvalue weighted by atomic mass is 32.2. The molecule has 2 N–H and O–H groups in total.